The van der Waals surface area contributed by atoms with Gasteiger partial charge in [0.1, 0.15) is 5.78 Å². The summed E-state index contributed by atoms with van der Waals surface area (Å²) in [6.45, 7) is 0. The summed E-state index contributed by atoms with van der Waals surface area (Å²) in [5.41, 5.74) is 0. The first-order valence-corrected chi connectivity index (χ1v) is 4.95. The van der Waals surface area contributed by atoms with Crippen LogP contribution in [0.5, 0.6) is 0 Å². The summed E-state index contributed by atoms with van der Waals surface area (Å²) in [4.78, 5) is 33.4. The summed E-state index contributed by atoms with van der Waals surface area (Å²) in [5.74, 6) is -2.10. The molecule has 1 atom stereocenters. The van der Waals surface area contributed by atoms with Gasteiger partial charge in [0.25, 0.3) is 0 Å². The lowest BCUT2D eigenvalue weighted by atomic mass is 9.90. The zero-order chi connectivity index (χ0) is 11.3. The molecule has 0 aromatic carbocycles. The number of hydrogen-bond donors (Lipinski definition) is 0. The van der Waals surface area contributed by atoms with E-state index in [-0.39, 0.29) is 18.1 Å². The Morgan fingerprint density at radius 3 is 2.67 bits per heavy atom. The third-order valence-electron chi connectivity index (χ3n) is 2.42. The summed E-state index contributed by atoms with van der Waals surface area (Å²) in [6, 6.07) is 0. The molecule has 0 amide bonds. The minimum atomic E-state index is -0.942. The third kappa shape index (κ3) is 3.31. The maximum atomic E-state index is 11.5. The zero-order valence-corrected chi connectivity index (χ0v) is 8.69. The smallest absolute Gasteiger partial charge is 0.374 e. The molecule has 0 saturated heterocycles. The van der Waals surface area contributed by atoms with Crippen molar-refractivity contribution in [2.45, 2.75) is 25.7 Å². The first-order valence-electron chi connectivity index (χ1n) is 4.95. The second kappa shape index (κ2) is 5.44. The van der Waals surface area contributed by atoms with Crippen LogP contribution >= 0.6 is 0 Å². The molecule has 15 heavy (non-hydrogen) atoms. The standard InChI is InChI=1S/C11H14O4/c1-15-11(14)10(13)7-9(12)8-5-3-2-4-6-8/h3,5,8H,2,4,6-7H2,1H3. The van der Waals surface area contributed by atoms with Crippen LogP contribution in [0.15, 0.2) is 12.2 Å². The van der Waals surface area contributed by atoms with Crippen molar-refractivity contribution in [3.63, 3.8) is 0 Å². The molecule has 0 N–H and O–H groups in total. The Bertz CT molecular complexity index is 304. The van der Waals surface area contributed by atoms with Gasteiger partial charge in [0.15, 0.2) is 0 Å². The second-order valence-electron chi connectivity index (χ2n) is 3.52. The van der Waals surface area contributed by atoms with Crippen molar-refractivity contribution < 1.29 is 19.1 Å². The maximum absolute atomic E-state index is 11.5. The number of ether oxygens (including phenoxy) is 1. The fraction of sp³-hybridized carbons (Fsp3) is 0.545. The fourth-order valence-corrected chi connectivity index (χ4v) is 1.56. The lowest BCUT2D eigenvalue weighted by Crippen LogP contribution is -2.23. The van der Waals surface area contributed by atoms with Gasteiger partial charge in [-0.05, 0) is 19.3 Å². The summed E-state index contributed by atoms with van der Waals surface area (Å²) in [6.07, 6.45) is 6.12. The molecule has 1 rings (SSSR count). The molecule has 0 aliphatic heterocycles. The largest absolute Gasteiger partial charge is 0.463 e. The number of carbonyl (C=O) groups is 3. The topological polar surface area (TPSA) is 60.4 Å². The first kappa shape index (κ1) is 11.6. The van der Waals surface area contributed by atoms with E-state index in [9.17, 15) is 14.4 Å². The molecule has 82 valence electrons. The number of hydrogen-bond acceptors (Lipinski definition) is 4. The highest BCUT2D eigenvalue weighted by Crippen LogP contribution is 2.19. The minimum absolute atomic E-state index is 0.193. The Morgan fingerprint density at radius 2 is 2.13 bits per heavy atom. The normalized spacial score (nSPS) is 19.7. The Kier molecular flexibility index (Phi) is 4.21. The van der Waals surface area contributed by atoms with Gasteiger partial charge in [-0.2, -0.15) is 0 Å². The van der Waals surface area contributed by atoms with Crippen molar-refractivity contribution in [1.29, 1.82) is 0 Å². The Morgan fingerprint density at radius 1 is 1.40 bits per heavy atom. The van der Waals surface area contributed by atoms with Crippen LogP contribution in [0.3, 0.4) is 0 Å². The van der Waals surface area contributed by atoms with Crippen LogP contribution < -0.4 is 0 Å². The molecule has 4 nitrogen and oxygen atoms in total. The van der Waals surface area contributed by atoms with Gasteiger partial charge in [-0.25, -0.2) is 4.79 Å². The number of esters is 1. The third-order valence-corrected chi connectivity index (χ3v) is 2.42. The van der Waals surface area contributed by atoms with E-state index in [4.69, 9.17) is 0 Å². The van der Waals surface area contributed by atoms with Crippen molar-refractivity contribution >= 4 is 17.5 Å². The van der Waals surface area contributed by atoms with E-state index in [0.717, 1.165) is 26.4 Å². The van der Waals surface area contributed by atoms with Gasteiger partial charge in [0, 0.05) is 5.92 Å². The number of rotatable bonds is 4. The van der Waals surface area contributed by atoms with E-state index >= 15 is 0 Å². The SMILES string of the molecule is COC(=O)C(=O)CC(=O)C1C=CCCC1. The molecule has 0 spiro atoms. The van der Waals surface area contributed by atoms with Crippen LogP contribution in [-0.2, 0) is 19.1 Å². The molecule has 0 aromatic heterocycles. The van der Waals surface area contributed by atoms with E-state index in [1.165, 1.54) is 0 Å². The van der Waals surface area contributed by atoms with E-state index < -0.39 is 11.8 Å². The van der Waals surface area contributed by atoms with Crippen molar-refractivity contribution in [2.24, 2.45) is 5.92 Å². The second-order valence-corrected chi connectivity index (χ2v) is 3.52. The molecule has 0 radical (unpaired) electrons. The summed E-state index contributed by atoms with van der Waals surface area (Å²) < 4.78 is 4.24. The molecule has 0 fully saturated rings. The highest BCUT2D eigenvalue weighted by atomic mass is 16.5. The number of methoxy groups -OCH3 is 1. The number of ketones is 2. The van der Waals surface area contributed by atoms with Crippen molar-refractivity contribution in [1.82, 2.24) is 0 Å². The van der Waals surface area contributed by atoms with Gasteiger partial charge in [0.2, 0.25) is 5.78 Å². The van der Waals surface area contributed by atoms with Gasteiger partial charge in [0.05, 0.1) is 13.5 Å². The van der Waals surface area contributed by atoms with E-state index in [1.807, 2.05) is 12.2 Å². The van der Waals surface area contributed by atoms with E-state index in [2.05, 4.69) is 4.74 Å². The molecule has 1 unspecified atom stereocenters. The van der Waals surface area contributed by atoms with Crippen LogP contribution in [-0.4, -0.2) is 24.6 Å². The lowest BCUT2D eigenvalue weighted by molar-refractivity contribution is -0.152. The average Bonchev–Trinajstić information content (AvgIpc) is 2.29. The van der Waals surface area contributed by atoms with Gasteiger partial charge in [-0.3, -0.25) is 9.59 Å². The summed E-state index contributed by atoms with van der Waals surface area (Å²) >= 11 is 0. The number of carbonyl (C=O) groups excluding carboxylic acids is 3. The Labute approximate surface area is 88.3 Å². The monoisotopic (exact) mass is 210 g/mol. The molecule has 1 aliphatic rings. The quantitative estimate of drug-likeness (QED) is 0.301. The molecule has 0 bridgehead atoms. The fourth-order valence-electron chi connectivity index (χ4n) is 1.56. The van der Waals surface area contributed by atoms with Crippen molar-refractivity contribution in [2.75, 3.05) is 7.11 Å². The van der Waals surface area contributed by atoms with Gasteiger partial charge < -0.3 is 4.74 Å². The zero-order valence-electron chi connectivity index (χ0n) is 8.69. The summed E-state index contributed by atoms with van der Waals surface area (Å²) in [7, 11) is 1.13. The highest BCUT2D eigenvalue weighted by molar-refractivity contribution is 6.37. The lowest BCUT2D eigenvalue weighted by Gasteiger charge is -2.13. The molecule has 0 heterocycles. The molecule has 0 aromatic rings. The number of allylic oxidation sites excluding steroid dienone is 2. The molecule has 1 aliphatic carbocycles. The molecule has 4 heteroatoms. The van der Waals surface area contributed by atoms with Gasteiger partial charge >= 0.3 is 5.97 Å². The van der Waals surface area contributed by atoms with Crippen LogP contribution in [0.2, 0.25) is 0 Å². The number of Topliss-reactive ketones (excluding diaryl/α,β-unsaturated/α-hetero) is 2. The first-order chi connectivity index (χ1) is 7.15. The van der Waals surface area contributed by atoms with Crippen LogP contribution in [0.25, 0.3) is 0 Å². The molecular formula is C11H14O4. The van der Waals surface area contributed by atoms with Crippen LogP contribution in [0, 0.1) is 5.92 Å². The summed E-state index contributed by atoms with van der Waals surface area (Å²) in [5, 5.41) is 0. The van der Waals surface area contributed by atoms with E-state index in [0.29, 0.717) is 0 Å². The maximum Gasteiger partial charge on any atom is 0.374 e. The van der Waals surface area contributed by atoms with Crippen molar-refractivity contribution in [3.8, 4) is 0 Å². The van der Waals surface area contributed by atoms with Gasteiger partial charge in [-0.15, -0.1) is 0 Å². The minimum Gasteiger partial charge on any atom is -0.463 e. The average molecular weight is 210 g/mol. The molecular weight excluding hydrogens is 196 g/mol. The molecule has 0 saturated carbocycles. The van der Waals surface area contributed by atoms with Crippen molar-refractivity contribution in [3.05, 3.63) is 12.2 Å². The Balaban J connectivity index is 2.48. The predicted molar refractivity (Wildman–Crippen MR) is 53.1 cm³/mol. The van der Waals surface area contributed by atoms with Gasteiger partial charge in [-0.1, -0.05) is 12.2 Å². The van der Waals surface area contributed by atoms with Crippen LogP contribution in [0.1, 0.15) is 25.7 Å². The van der Waals surface area contributed by atoms with Crippen LogP contribution in [0.4, 0.5) is 0 Å². The van der Waals surface area contributed by atoms with E-state index in [1.54, 1.807) is 0 Å². The predicted octanol–water partition coefficient (Wildman–Crippen LogP) is 1.04. The highest BCUT2D eigenvalue weighted by Gasteiger charge is 2.23. The Hall–Kier alpha value is -1.45.